The van der Waals surface area contributed by atoms with Crippen LogP contribution in [-0.4, -0.2) is 15.0 Å². The predicted molar refractivity (Wildman–Crippen MR) is 84.4 cm³/mol. The van der Waals surface area contributed by atoms with Crippen molar-refractivity contribution in [1.82, 2.24) is 15.0 Å². The van der Waals surface area contributed by atoms with Crippen molar-refractivity contribution in [2.45, 2.75) is 26.7 Å². The van der Waals surface area contributed by atoms with E-state index in [1.807, 2.05) is 44.2 Å². The summed E-state index contributed by atoms with van der Waals surface area (Å²) in [6.07, 6.45) is 1.77. The van der Waals surface area contributed by atoms with Crippen LogP contribution in [0.2, 0.25) is 0 Å². The first-order valence-electron chi connectivity index (χ1n) is 7.03. The molecule has 0 saturated heterocycles. The first-order chi connectivity index (χ1) is 10.1. The Bertz CT molecular complexity index is 860. The molecule has 0 unspecified atom stereocenters. The van der Waals surface area contributed by atoms with Gasteiger partial charge in [0, 0.05) is 28.6 Å². The van der Waals surface area contributed by atoms with E-state index in [2.05, 4.69) is 15.0 Å². The summed E-state index contributed by atoms with van der Waals surface area (Å²) in [4.78, 5) is 24.0. The average molecular weight is 279 g/mol. The monoisotopic (exact) mass is 279 g/mol. The number of nitrogens with zero attached hydrogens (tertiary/aromatic N) is 2. The number of aromatic nitrogens is 3. The van der Waals surface area contributed by atoms with Crippen LogP contribution < -0.4 is 5.56 Å². The molecule has 0 atom stereocenters. The molecule has 0 bridgehead atoms. The zero-order chi connectivity index (χ0) is 15.0. The SMILES string of the molecule is Cc1c(-c2cccc3ncccc23)nc(C(C)C)[nH]c1=O. The Kier molecular flexibility index (Phi) is 3.29. The van der Waals surface area contributed by atoms with E-state index in [9.17, 15) is 4.79 Å². The number of fused-ring (bicyclic) bond motifs is 1. The molecule has 0 aliphatic carbocycles. The molecule has 4 nitrogen and oxygen atoms in total. The Hall–Kier alpha value is -2.49. The number of benzene rings is 1. The van der Waals surface area contributed by atoms with Crippen LogP contribution in [-0.2, 0) is 0 Å². The molecule has 0 radical (unpaired) electrons. The van der Waals surface area contributed by atoms with Crippen molar-refractivity contribution in [1.29, 1.82) is 0 Å². The van der Waals surface area contributed by atoms with Gasteiger partial charge in [-0.05, 0) is 19.1 Å². The molecule has 0 aliphatic heterocycles. The maximum atomic E-state index is 12.2. The zero-order valence-electron chi connectivity index (χ0n) is 12.3. The molecule has 0 spiro atoms. The standard InChI is InChI=1S/C17H17N3O/c1-10(2)16-19-15(11(3)17(21)20-16)13-6-4-8-14-12(13)7-5-9-18-14/h4-10H,1-3H3,(H,19,20,21). The lowest BCUT2D eigenvalue weighted by Crippen LogP contribution is -2.17. The highest BCUT2D eigenvalue weighted by Gasteiger charge is 2.14. The smallest absolute Gasteiger partial charge is 0.254 e. The first-order valence-corrected chi connectivity index (χ1v) is 7.03. The third-order valence-corrected chi connectivity index (χ3v) is 3.62. The highest BCUT2D eigenvalue weighted by Crippen LogP contribution is 2.27. The van der Waals surface area contributed by atoms with Gasteiger partial charge in [-0.1, -0.05) is 32.0 Å². The Morgan fingerprint density at radius 1 is 1.14 bits per heavy atom. The Labute approximate surface area is 122 Å². The molecule has 4 heteroatoms. The summed E-state index contributed by atoms with van der Waals surface area (Å²) in [7, 11) is 0. The molecule has 0 fully saturated rings. The van der Waals surface area contributed by atoms with Gasteiger partial charge in [0.15, 0.2) is 0 Å². The van der Waals surface area contributed by atoms with E-state index < -0.39 is 0 Å². The summed E-state index contributed by atoms with van der Waals surface area (Å²) < 4.78 is 0. The molecular weight excluding hydrogens is 262 g/mol. The number of H-pyrrole nitrogens is 1. The first kappa shape index (κ1) is 13.5. The molecule has 21 heavy (non-hydrogen) atoms. The van der Waals surface area contributed by atoms with Crippen molar-refractivity contribution >= 4 is 10.9 Å². The maximum absolute atomic E-state index is 12.2. The van der Waals surface area contributed by atoms with Crippen LogP contribution in [0.1, 0.15) is 31.2 Å². The maximum Gasteiger partial charge on any atom is 0.254 e. The highest BCUT2D eigenvalue weighted by molar-refractivity contribution is 5.94. The fourth-order valence-corrected chi connectivity index (χ4v) is 2.40. The van der Waals surface area contributed by atoms with Gasteiger partial charge in [0.2, 0.25) is 0 Å². The second kappa shape index (κ2) is 5.13. The van der Waals surface area contributed by atoms with Crippen LogP contribution in [0, 0.1) is 6.92 Å². The number of nitrogens with one attached hydrogen (secondary N) is 1. The summed E-state index contributed by atoms with van der Waals surface area (Å²) in [5, 5.41) is 1.01. The minimum absolute atomic E-state index is 0.0791. The summed E-state index contributed by atoms with van der Waals surface area (Å²) in [6, 6.07) is 9.81. The largest absolute Gasteiger partial charge is 0.310 e. The summed E-state index contributed by atoms with van der Waals surface area (Å²) >= 11 is 0. The molecule has 1 N–H and O–H groups in total. The second-order valence-electron chi connectivity index (χ2n) is 5.46. The lowest BCUT2D eigenvalue weighted by Gasteiger charge is -2.11. The lowest BCUT2D eigenvalue weighted by molar-refractivity contribution is 0.765. The quantitative estimate of drug-likeness (QED) is 0.782. The van der Waals surface area contributed by atoms with Gasteiger partial charge in [-0.3, -0.25) is 9.78 Å². The minimum atomic E-state index is -0.0791. The van der Waals surface area contributed by atoms with Gasteiger partial charge >= 0.3 is 0 Å². The van der Waals surface area contributed by atoms with Crippen LogP contribution >= 0.6 is 0 Å². The van der Waals surface area contributed by atoms with Crippen LogP contribution in [0.15, 0.2) is 41.3 Å². The fourth-order valence-electron chi connectivity index (χ4n) is 2.40. The van der Waals surface area contributed by atoms with E-state index in [1.54, 1.807) is 13.1 Å². The Morgan fingerprint density at radius 2 is 1.95 bits per heavy atom. The van der Waals surface area contributed by atoms with E-state index in [1.165, 1.54) is 0 Å². The van der Waals surface area contributed by atoms with Gasteiger partial charge in [0.25, 0.3) is 5.56 Å². The molecule has 3 rings (SSSR count). The van der Waals surface area contributed by atoms with Crippen LogP contribution in [0.5, 0.6) is 0 Å². The molecule has 2 aromatic heterocycles. The predicted octanol–water partition coefficient (Wildman–Crippen LogP) is 3.42. The van der Waals surface area contributed by atoms with E-state index in [0.29, 0.717) is 11.4 Å². The van der Waals surface area contributed by atoms with E-state index in [0.717, 1.165) is 22.2 Å². The molecule has 0 saturated carbocycles. The van der Waals surface area contributed by atoms with Crippen molar-refractivity contribution in [2.24, 2.45) is 0 Å². The van der Waals surface area contributed by atoms with Gasteiger partial charge in [0.1, 0.15) is 5.82 Å². The summed E-state index contributed by atoms with van der Waals surface area (Å²) in [5.41, 5.74) is 3.15. The van der Waals surface area contributed by atoms with Gasteiger partial charge < -0.3 is 4.98 Å². The second-order valence-corrected chi connectivity index (χ2v) is 5.46. The van der Waals surface area contributed by atoms with Crippen molar-refractivity contribution in [3.05, 3.63) is 58.3 Å². The van der Waals surface area contributed by atoms with Crippen molar-refractivity contribution in [2.75, 3.05) is 0 Å². The summed E-state index contributed by atoms with van der Waals surface area (Å²) in [6.45, 7) is 5.84. The number of rotatable bonds is 2. The highest BCUT2D eigenvalue weighted by atomic mass is 16.1. The fraction of sp³-hybridized carbons (Fsp3) is 0.235. The number of pyridine rings is 1. The van der Waals surface area contributed by atoms with Crippen molar-refractivity contribution in [3.63, 3.8) is 0 Å². The Balaban J connectivity index is 2.35. The third-order valence-electron chi connectivity index (χ3n) is 3.62. The number of aromatic amines is 1. The van der Waals surface area contributed by atoms with Crippen molar-refractivity contribution in [3.8, 4) is 11.3 Å². The molecular formula is C17H17N3O. The molecule has 1 aromatic carbocycles. The number of hydrogen-bond donors (Lipinski definition) is 1. The summed E-state index contributed by atoms with van der Waals surface area (Å²) in [5.74, 6) is 0.881. The lowest BCUT2D eigenvalue weighted by atomic mass is 10.0. The van der Waals surface area contributed by atoms with Crippen LogP contribution in [0.25, 0.3) is 22.2 Å². The van der Waals surface area contributed by atoms with E-state index in [4.69, 9.17) is 0 Å². The van der Waals surface area contributed by atoms with Gasteiger partial charge in [-0.25, -0.2) is 4.98 Å². The van der Waals surface area contributed by atoms with Crippen LogP contribution in [0.4, 0.5) is 0 Å². The average Bonchev–Trinajstić information content (AvgIpc) is 2.49. The molecule has 0 amide bonds. The van der Waals surface area contributed by atoms with Crippen molar-refractivity contribution < 1.29 is 0 Å². The topological polar surface area (TPSA) is 58.6 Å². The molecule has 3 aromatic rings. The van der Waals surface area contributed by atoms with Gasteiger partial charge in [-0.2, -0.15) is 0 Å². The third kappa shape index (κ3) is 2.33. The Morgan fingerprint density at radius 3 is 2.71 bits per heavy atom. The zero-order valence-corrected chi connectivity index (χ0v) is 12.3. The van der Waals surface area contributed by atoms with E-state index in [-0.39, 0.29) is 11.5 Å². The molecule has 0 aliphatic rings. The van der Waals surface area contributed by atoms with Gasteiger partial charge in [0.05, 0.1) is 11.2 Å². The normalized spacial score (nSPS) is 11.2. The minimum Gasteiger partial charge on any atom is -0.310 e. The molecule has 106 valence electrons. The van der Waals surface area contributed by atoms with Gasteiger partial charge in [-0.15, -0.1) is 0 Å². The molecule has 2 heterocycles. The van der Waals surface area contributed by atoms with E-state index >= 15 is 0 Å². The van der Waals surface area contributed by atoms with Crippen LogP contribution in [0.3, 0.4) is 0 Å². The number of hydrogen-bond acceptors (Lipinski definition) is 3.